The molecule has 2 aromatic rings. The van der Waals surface area contributed by atoms with Crippen molar-refractivity contribution >= 4 is 17.4 Å². The predicted octanol–water partition coefficient (Wildman–Crippen LogP) is 4.67. The maximum atomic E-state index is 13.7. The van der Waals surface area contributed by atoms with E-state index in [1.54, 1.807) is 6.92 Å². The van der Waals surface area contributed by atoms with Gasteiger partial charge in [-0.2, -0.15) is 0 Å². The number of nitrogens with one attached hydrogen (secondary N) is 1. The number of hydrogen-bond acceptors (Lipinski definition) is 4. The topological polar surface area (TPSA) is 52.7 Å². The number of amides is 1. The van der Waals surface area contributed by atoms with Crippen LogP contribution in [0.15, 0.2) is 48.5 Å². The van der Waals surface area contributed by atoms with Crippen molar-refractivity contribution in [2.75, 3.05) is 38.0 Å². The van der Waals surface area contributed by atoms with Crippen molar-refractivity contribution in [3.63, 3.8) is 0 Å². The molecule has 34 heavy (non-hydrogen) atoms. The first kappa shape index (κ1) is 23.1. The van der Waals surface area contributed by atoms with Crippen LogP contribution in [-0.2, 0) is 16.0 Å². The number of anilines is 1. The molecule has 2 atom stereocenters. The van der Waals surface area contributed by atoms with Gasteiger partial charge in [-0.25, -0.2) is 0 Å². The third-order valence-electron chi connectivity index (χ3n) is 8.09. The van der Waals surface area contributed by atoms with Crippen LogP contribution < -0.4 is 5.32 Å². The van der Waals surface area contributed by atoms with Crippen LogP contribution in [-0.4, -0.2) is 54.2 Å². The Bertz CT molecular complexity index is 1010. The highest BCUT2D eigenvalue weighted by Gasteiger charge is 2.38. The summed E-state index contributed by atoms with van der Waals surface area (Å²) in [5, 5.41) is 3.42. The minimum absolute atomic E-state index is 0.0229. The van der Waals surface area contributed by atoms with E-state index in [1.165, 1.54) is 42.6 Å². The van der Waals surface area contributed by atoms with Gasteiger partial charge in [-0.15, -0.1) is 0 Å². The van der Waals surface area contributed by atoms with E-state index in [2.05, 4.69) is 63.6 Å². The molecule has 0 unspecified atom stereocenters. The monoisotopic (exact) mass is 459 g/mol. The molecule has 1 N–H and O–H groups in total. The summed E-state index contributed by atoms with van der Waals surface area (Å²) in [6.45, 7) is 6.73. The lowest BCUT2D eigenvalue weighted by atomic mass is 9.77. The Morgan fingerprint density at radius 2 is 1.76 bits per heavy atom. The molecule has 4 heterocycles. The Kier molecular flexibility index (Phi) is 7.00. The minimum Gasteiger partial charge on any atom is -0.385 e. The van der Waals surface area contributed by atoms with E-state index >= 15 is 0 Å². The molecule has 6 rings (SSSR count). The summed E-state index contributed by atoms with van der Waals surface area (Å²) < 4.78 is 0. The van der Waals surface area contributed by atoms with Crippen molar-refractivity contribution in [2.24, 2.45) is 11.8 Å². The molecule has 0 aromatic heterocycles. The molecule has 2 aromatic carbocycles. The van der Waals surface area contributed by atoms with Gasteiger partial charge in [-0.3, -0.25) is 4.79 Å². The smallest absolute Gasteiger partial charge is 0.223 e. The van der Waals surface area contributed by atoms with Crippen LogP contribution >= 0.6 is 0 Å². The number of Topliss-reactive ketones (excluding diaryl/α,β-unsaturated/α-hetero) is 1. The Hall–Kier alpha value is -2.66. The van der Waals surface area contributed by atoms with E-state index < -0.39 is 0 Å². The highest BCUT2D eigenvalue weighted by Crippen LogP contribution is 2.39. The number of carbonyl (C=O) groups is 2. The van der Waals surface area contributed by atoms with Crippen molar-refractivity contribution in [3.05, 3.63) is 65.2 Å². The highest BCUT2D eigenvalue weighted by atomic mass is 16.2. The highest BCUT2D eigenvalue weighted by molar-refractivity contribution is 5.78. The molecular weight excluding hydrogens is 422 g/mol. The average molecular weight is 460 g/mol. The molecule has 0 spiro atoms. The first-order valence-electron chi connectivity index (χ1n) is 13.0. The Morgan fingerprint density at radius 3 is 2.47 bits per heavy atom. The number of hydrogen-bond donors (Lipinski definition) is 1. The number of nitrogens with zero attached hydrogens (tertiary/aromatic N) is 2. The van der Waals surface area contributed by atoms with Crippen LogP contribution in [0.2, 0.25) is 0 Å². The molecule has 4 aliphatic heterocycles. The van der Waals surface area contributed by atoms with E-state index in [-0.39, 0.29) is 11.8 Å². The van der Waals surface area contributed by atoms with Gasteiger partial charge in [-0.05, 0) is 86.4 Å². The minimum atomic E-state index is -0.0229. The van der Waals surface area contributed by atoms with Gasteiger partial charge in [0.1, 0.15) is 5.78 Å². The molecule has 5 nitrogen and oxygen atoms in total. The second-order valence-electron chi connectivity index (χ2n) is 10.4. The lowest BCUT2D eigenvalue weighted by Crippen LogP contribution is -2.49. The van der Waals surface area contributed by atoms with Crippen molar-refractivity contribution in [1.82, 2.24) is 9.80 Å². The largest absolute Gasteiger partial charge is 0.385 e. The zero-order valence-electron chi connectivity index (χ0n) is 20.3. The van der Waals surface area contributed by atoms with E-state index in [4.69, 9.17) is 0 Å². The fourth-order valence-corrected chi connectivity index (χ4v) is 6.21. The number of fused-ring (bicyclic) bond motifs is 4. The van der Waals surface area contributed by atoms with Crippen molar-refractivity contribution in [2.45, 2.75) is 51.5 Å². The zero-order chi connectivity index (χ0) is 23.5. The fourth-order valence-electron chi connectivity index (χ4n) is 6.21. The third-order valence-corrected chi connectivity index (χ3v) is 8.09. The summed E-state index contributed by atoms with van der Waals surface area (Å²) in [5.74, 6) is 1.77. The summed E-state index contributed by atoms with van der Waals surface area (Å²) in [4.78, 5) is 29.6. The molecule has 180 valence electrons. The number of rotatable bonds is 8. The molecule has 3 saturated heterocycles. The van der Waals surface area contributed by atoms with E-state index in [1.807, 2.05) is 0 Å². The first-order valence-corrected chi connectivity index (χ1v) is 13.0. The molecule has 4 aliphatic rings. The Labute approximate surface area is 203 Å². The maximum absolute atomic E-state index is 13.7. The molecule has 2 bridgehead atoms. The number of carbonyl (C=O) groups excluding carboxylic acids is 2. The molecule has 0 saturated carbocycles. The first-order chi connectivity index (χ1) is 16.6. The molecule has 0 aliphatic carbocycles. The predicted molar refractivity (Wildman–Crippen MR) is 136 cm³/mol. The second kappa shape index (κ2) is 10.3. The van der Waals surface area contributed by atoms with Gasteiger partial charge in [-0.1, -0.05) is 36.4 Å². The van der Waals surface area contributed by atoms with Crippen LogP contribution in [0.5, 0.6) is 0 Å². The average Bonchev–Trinajstić information content (AvgIpc) is 2.87. The van der Waals surface area contributed by atoms with E-state index in [0.29, 0.717) is 24.7 Å². The molecule has 0 radical (unpaired) electrons. The van der Waals surface area contributed by atoms with Crippen LogP contribution in [0, 0.1) is 11.8 Å². The lowest BCUT2D eigenvalue weighted by molar-refractivity contribution is -0.136. The quantitative estimate of drug-likeness (QED) is 0.583. The SMILES string of the molecule is CC(=O)CCCNc1ccc([C@H]2c3ccccc3CCN2C(=O)C[C@@H]2CN3CCC2CC3)cc1. The van der Waals surface area contributed by atoms with Crippen LogP contribution in [0.4, 0.5) is 5.69 Å². The summed E-state index contributed by atoms with van der Waals surface area (Å²) in [7, 11) is 0. The van der Waals surface area contributed by atoms with Crippen LogP contribution in [0.1, 0.15) is 61.8 Å². The van der Waals surface area contributed by atoms with Crippen LogP contribution in [0.3, 0.4) is 0 Å². The fraction of sp³-hybridized carbons (Fsp3) is 0.517. The maximum Gasteiger partial charge on any atom is 0.223 e. The van der Waals surface area contributed by atoms with Crippen molar-refractivity contribution in [1.29, 1.82) is 0 Å². The molecule has 3 fully saturated rings. The second-order valence-corrected chi connectivity index (χ2v) is 10.4. The van der Waals surface area contributed by atoms with Gasteiger partial charge in [0, 0.05) is 38.2 Å². The van der Waals surface area contributed by atoms with Crippen LogP contribution in [0.25, 0.3) is 0 Å². The van der Waals surface area contributed by atoms with E-state index in [9.17, 15) is 9.59 Å². The van der Waals surface area contributed by atoms with Gasteiger partial charge in [0.15, 0.2) is 0 Å². The standard InChI is InChI=1S/C29H37N3O2/c1-21(33)5-4-15-30-26-10-8-24(9-11-26)29-27-7-3-2-6-23(27)14-18-32(29)28(34)19-25-20-31-16-12-22(25)13-17-31/h2-3,6-11,22,25,29-30H,4-5,12-20H2,1H3/t25-,29+/m1/s1. The van der Waals surface area contributed by atoms with E-state index in [0.717, 1.165) is 44.1 Å². The number of ketones is 1. The van der Waals surface area contributed by atoms with Gasteiger partial charge < -0.3 is 19.9 Å². The third kappa shape index (κ3) is 5.05. The number of piperidine rings is 3. The van der Waals surface area contributed by atoms with Gasteiger partial charge in [0.2, 0.25) is 5.91 Å². The summed E-state index contributed by atoms with van der Waals surface area (Å²) in [5.41, 5.74) is 4.84. The van der Waals surface area contributed by atoms with Crippen molar-refractivity contribution < 1.29 is 9.59 Å². The molecule has 1 amide bonds. The van der Waals surface area contributed by atoms with Gasteiger partial charge in [0.25, 0.3) is 0 Å². The van der Waals surface area contributed by atoms with Gasteiger partial charge >= 0.3 is 0 Å². The number of benzene rings is 2. The van der Waals surface area contributed by atoms with Crippen molar-refractivity contribution in [3.8, 4) is 0 Å². The summed E-state index contributed by atoms with van der Waals surface area (Å²) in [6, 6.07) is 17.1. The summed E-state index contributed by atoms with van der Waals surface area (Å²) >= 11 is 0. The Balaban J connectivity index is 1.33. The summed E-state index contributed by atoms with van der Waals surface area (Å²) in [6.07, 6.45) is 5.57. The normalized spacial score (nSPS) is 25.6. The zero-order valence-corrected chi connectivity index (χ0v) is 20.3. The molecule has 5 heteroatoms. The lowest BCUT2D eigenvalue weighted by Gasteiger charge is -2.46. The van der Waals surface area contributed by atoms with Gasteiger partial charge in [0.05, 0.1) is 6.04 Å². The molecular formula is C29H37N3O2. The Morgan fingerprint density at radius 1 is 1.00 bits per heavy atom.